The average Bonchev–Trinajstić information content (AvgIpc) is 2.97. The fourth-order valence-electron chi connectivity index (χ4n) is 4.95. The van der Waals surface area contributed by atoms with Crippen molar-refractivity contribution >= 4 is 19.8 Å². The van der Waals surface area contributed by atoms with E-state index in [2.05, 4.69) is 13.8 Å². The van der Waals surface area contributed by atoms with E-state index < -0.39 is 26.5 Å². The molecule has 0 aliphatic rings. The number of hydrogen-bond donors (Lipinski definition) is 1. The number of phosphoric ester groups is 1. The number of esters is 2. The van der Waals surface area contributed by atoms with Gasteiger partial charge in [0, 0.05) is 12.8 Å². The molecule has 2 atom stereocenters. The number of ether oxygens (including phenoxy) is 2. The molecule has 268 valence electrons. The standard InChI is InChI=1S/C35H70NO8P/c1-6-8-10-12-14-16-17-18-20-22-24-26-28-35(38)44-33(32-43-45(39,40)42-30-29-36(3,4)5)31-41-34(37)27-25-23-21-19-15-13-11-9-7-2/h33H,6-32H2,1-5H3/p+1. The molecule has 1 N–H and O–H groups in total. The highest BCUT2D eigenvalue weighted by Crippen LogP contribution is 2.43. The smallest absolute Gasteiger partial charge is 0.462 e. The maximum Gasteiger partial charge on any atom is 0.472 e. The van der Waals surface area contributed by atoms with E-state index in [0.29, 0.717) is 23.9 Å². The van der Waals surface area contributed by atoms with Gasteiger partial charge in [0.05, 0.1) is 27.7 Å². The highest BCUT2D eigenvalue weighted by atomic mass is 31.2. The van der Waals surface area contributed by atoms with E-state index in [-0.39, 0.29) is 25.6 Å². The second-order valence-electron chi connectivity index (χ2n) is 13.6. The van der Waals surface area contributed by atoms with E-state index in [4.69, 9.17) is 18.5 Å². The summed E-state index contributed by atoms with van der Waals surface area (Å²) in [5, 5.41) is 0. The van der Waals surface area contributed by atoms with Gasteiger partial charge in [-0.3, -0.25) is 18.6 Å². The molecule has 0 heterocycles. The summed E-state index contributed by atoms with van der Waals surface area (Å²) in [7, 11) is 1.49. The molecule has 0 bridgehead atoms. The Kier molecular flexibility index (Phi) is 28.5. The number of carbonyl (C=O) groups excluding carboxylic acids is 2. The molecule has 45 heavy (non-hydrogen) atoms. The summed E-state index contributed by atoms with van der Waals surface area (Å²) in [4.78, 5) is 35.0. The van der Waals surface area contributed by atoms with Crippen molar-refractivity contribution in [1.29, 1.82) is 0 Å². The molecule has 0 aliphatic carbocycles. The number of quaternary nitrogens is 1. The monoisotopic (exact) mass is 664 g/mol. The predicted octanol–water partition coefficient (Wildman–Crippen LogP) is 9.29. The van der Waals surface area contributed by atoms with Gasteiger partial charge < -0.3 is 18.9 Å². The van der Waals surface area contributed by atoms with Gasteiger partial charge >= 0.3 is 19.8 Å². The van der Waals surface area contributed by atoms with Crippen LogP contribution in [-0.4, -0.2) is 74.9 Å². The molecule has 0 rings (SSSR count). The predicted molar refractivity (Wildman–Crippen MR) is 183 cm³/mol. The Morgan fingerprint density at radius 2 is 1.00 bits per heavy atom. The number of hydrogen-bond acceptors (Lipinski definition) is 7. The molecule has 0 radical (unpaired) electrons. The topological polar surface area (TPSA) is 108 Å². The van der Waals surface area contributed by atoms with Crippen LogP contribution in [0.1, 0.15) is 162 Å². The van der Waals surface area contributed by atoms with Crippen LogP contribution in [0.4, 0.5) is 0 Å². The van der Waals surface area contributed by atoms with Crippen molar-refractivity contribution in [3.63, 3.8) is 0 Å². The van der Waals surface area contributed by atoms with Crippen molar-refractivity contribution in [3.05, 3.63) is 0 Å². The van der Waals surface area contributed by atoms with Crippen LogP contribution in [-0.2, 0) is 32.7 Å². The first-order valence-corrected chi connectivity index (χ1v) is 19.8. The molecule has 2 unspecified atom stereocenters. The Bertz CT molecular complexity index is 758. The zero-order chi connectivity index (χ0) is 33.7. The SMILES string of the molecule is CCCCCCCCCCCCCCC(=O)OC(COC(=O)CCCCCCCCCCC)COP(=O)(O)OCC[N+](C)(C)C. The number of rotatable bonds is 33. The van der Waals surface area contributed by atoms with Crippen LogP contribution in [0.15, 0.2) is 0 Å². The molecule has 9 nitrogen and oxygen atoms in total. The van der Waals surface area contributed by atoms with E-state index in [9.17, 15) is 19.0 Å². The molecule has 0 aromatic heterocycles. The van der Waals surface area contributed by atoms with Crippen molar-refractivity contribution in [3.8, 4) is 0 Å². The largest absolute Gasteiger partial charge is 0.472 e. The van der Waals surface area contributed by atoms with Gasteiger partial charge in [-0.25, -0.2) is 4.57 Å². The van der Waals surface area contributed by atoms with Crippen LogP contribution in [0.3, 0.4) is 0 Å². The maximum absolute atomic E-state index is 12.6. The summed E-state index contributed by atoms with van der Waals surface area (Å²) >= 11 is 0. The fraction of sp³-hybridized carbons (Fsp3) is 0.943. The van der Waals surface area contributed by atoms with E-state index in [1.54, 1.807) is 0 Å². The molecule has 0 fully saturated rings. The number of likely N-dealkylation sites (N-methyl/N-ethyl adjacent to an activating group) is 1. The van der Waals surface area contributed by atoms with Gasteiger partial charge in [0.2, 0.25) is 0 Å². The van der Waals surface area contributed by atoms with E-state index in [1.165, 1.54) is 96.3 Å². The number of carbonyl (C=O) groups is 2. The fourth-order valence-corrected chi connectivity index (χ4v) is 5.70. The van der Waals surface area contributed by atoms with Crippen LogP contribution >= 0.6 is 7.82 Å². The molecule has 0 aromatic carbocycles. The highest BCUT2D eigenvalue weighted by molar-refractivity contribution is 7.47. The van der Waals surface area contributed by atoms with Crippen molar-refractivity contribution in [2.75, 3.05) is 47.5 Å². The minimum Gasteiger partial charge on any atom is -0.462 e. The number of phosphoric acid groups is 1. The molecule has 0 saturated heterocycles. The summed E-state index contributed by atoms with van der Waals surface area (Å²) in [6, 6.07) is 0. The summed E-state index contributed by atoms with van der Waals surface area (Å²) < 4.78 is 34.0. The Morgan fingerprint density at radius 3 is 1.42 bits per heavy atom. The number of nitrogens with zero attached hydrogens (tertiary/aromatic N) is 1. The molecular formula is C35H71NO8P+. The first-order chi connectivity index (χ1) is 21.5. The van der Waals surface area contributed by atoms with E-state index in [0.717, 1.165) is 32.1 Å². The second kappa shape index (κ2) is 29.2. The Balaban J connectivity index is 4.45. The van der Waals surface area contributed by atoms with Gasteiger partial charge in [0.1, 0.15) is 19.8 Å². The van der Waals surface area contributed by atoms with Crippen LogP contribution in [0, 0.1) is 0 Å². The minimum absolute atomic E-state index is 0.0361. The highest BCUT2D eigenvalue weighted by Gasteiger charge is 2.27. The Morgan fingerprint density at radius 1 is 0.600 bits per heavy atom. The van der Waals surface area contributed by atoms with Gasteiger partial charge in [-0.15, -0.1) is 0 Å². The molecule has 0 amide bonds. The van der Waals surface area contributed by atoms with Crippen molar-refractivity contribution in [2.24, 2.45) is 0 Å². The van der Waals surface area contributed by atoms with Crippen molar-refractivity contribution in [1.82, 2.24) is 0 Å². The first kappa shape index (κ1) is 44.0. The third-order valence-electron chi connectivity index (χ3n) is 7.89. The molecule has 0 aromatic rings. The summed E-state index contributed by atoms with van der Waals surface area (Å²) in [6.07, 6.45) is 24.3. The third kappa shape index (κ3) is 32.7. The van der Waals surface area contributed by atoms with Gasteiger partial charge in [0.15, 0.2) is 6.10 Å². The van der Waals surface area contributed by atoms with Gasteiger partial charge in [-0.05, 0) is 12.8 Å². The molecule has 10 heteroatoms. The lowest BCUT2D eigenvalue weighted by molar-refractivity contribution is -0.870. The van der Waals surface area contributed by atoms with Crippen LogP contribution in [0.25, 0.3) is 0 Å². The molecule has 0 aliphatic heterocycles. The lowest BCUT2D eigenvalue weighted by Crippen LogP contribution is -2.37. The lowest BCUT2D eigenvalue weighted by Gasteiger charge is -2.24. The Hall–Kier alpha value is -0.990. The zero-order valence-corrected chi connectivity index (χ0v) is 30.8. The number of unbranched alkanes of at least 4 members (excludes halogenated alkanes) is 19. The second-order valence-corrected chi connectivity index (χ2v) is 15.1. The first-order valence-electron chi connectivity index (χ1n) is 18.3. The molecule has 0 spiro atoms. The summed E-state index contributed by atoms with van der Waals surface area (Å²) in [5.41, 5.74) is 0. The normalized spacial score (nSPS) is 13.8. The van der Waals surface area contributed by atoms with Crippen LogP contribution in [0.5, 0.6) is 0 Å². The molecular weight excluding hydrogens is 593 g/mol. The van der Waals surface area contributed by atoms with Crippen molar-refractivity contribution in [2.45, 2.75) is 168 Å². The average molecular weight is 665 g/mol. The van der Waals surface area contributed by atoms with Crippen LogP contribution in [0.2, 0.25) is 0 Å². The third-order valence-corrected chi connectivity index (χ3v) is 8.87. The van der Waals surface area contributed by atoms with Gasteiger partial charge in [0.25, 0.3) is 0 Å². The maximum atomic E-state index is 12.6. The van der Waals surface area contributed by atoms with Crippen LogP contribution < -0.4 is 0 Å². The summed E-state index contributed by atoms with van der Waals surface area (Å²) in [5.74, 6) is -0.796. The Labute approximate surface area is 276 Å². The van der Waals surface area contributed by atoms with E-state index >= 15 is 0 Å². The zero-order valence-electron chi connectivity index (χ0n) is 29.9. The van der Waals surface area contributed by atoms with Gasteiger partial charge in [-0.2, -0.15) is 0 Å². The van der Waals surface area contributed by atoms with Crippen molar-refractivity contribution < 1.29 is 42.1 Å². The lowest BCUT2D eigenvalue weighted by atomic mass is 10.0. The quantitative estimate of drug-likeness (QED) is 0.0320. The van der Waals surface area contributed by atoms with E-state index in [1.807, 2.05) is 21.1 Å². The molecule has 0 saturated carbocycles. The summed E-state index contributed by atoms with van der Waals surface area (Å²) in [6.45, 7) is 4.39. The minimum atomic E-state index is -4.35. The van der Waals surface area contributed by atoms with Gasteiger partial charge in [-0.1, -0.05) is 136 Å².